The van der Waals surface area contributed by atoms with E-state index in [1.54, 1.807) is 19.1 Å². The molecule has 0 saturated heterocycles. The average Bonchev–Trinajstić information content (AvgIpc) is 1.94. The van der Waals surface area contributed by atoms with Gasteiger partial charge in [0.2, 0.25) is 0 Å². The molecule has 1 aromatic heterocycles. The Morgan fingerprint density at radius 1 is 1.45 bits per heavy atom. The molecule has 5 heteroatoms. The maximum absolute atomic E-state index is 8.76. The quantitative estimate of drug-likeness (QED) is 0.451. The van der Waals surface area contributed by atoms with Gasteiger partial charge in [-0.1, -0.05) is 17.7 Å². The van der Waals surface area contributed by atoms with Gasteiger partial charge in [0, 0.05) is 0 Å². The lowest BCUT2D eigenvalue weighted by Crippen LogP contribution is -2.34. The monoisotopic (exact) mass is 171 g/mol. The number of rotatable bonds is 1. The molecule has 2 N–H and O–H groups in total. The Morgan fingerprint density at radius 3 is 2.55 bits per heavy atom. The first-order chi connectivity index (χ1) is 5.11. The van der Waals surface area contributed by atoms with Crippen LogP contribution in [0, 0.1) is 6.92 Å². The van der Waals surface area contributed by atoms with Gasteiger partial charge < -0.3 is 10.0 Å². The highest BCUT2D eigenvalue weighted by Gasteiger charge is 2.15. The van der Waals surface area contributed by atoms with Crippen molar-refractivity contribution in [3.05, 3.63) is 22.8 Å². The molecule has 0 aromatic carbocycles. The minimum Gasteiger partial charge on any atom is -0.422 e. The van der Waals surface area contributed by atoms with Gasteiger partial charge in [-0.05, 0) is 18.6 Å². The zero-order chi connectivity index (χ0) is 8.43. The Bertz CT molecular complexity index is 267. The zero-order valence-corrected chi connectivity index (χ0v) is 6.71. The molecule has 1 heterocycles. The van der Waals surface area contributed by atoms with Crippen molar-refractivity contribution in [2.75, 3.05) is 0 Å². The largest absolute Gasteiger partial charge is 0.508 e. The molecule has 1 aromatic rings. The Labute approximate surface area is 69.8 Å². The van der Waals surface area contributed by atoms with E-state index in [1.807, 2.05) is 0 Å². The van der Waals surface area contributed by atoms with Crippen molar-refractivity contribution in [3.8, 4) is 0 Å². The molecule has 0 unspecified atom stereocenters. The van der Waals surface area contributed by atoms with Crippen LogP contribution >= 0.6 is 11.6 Å². The smallest absolute Gasteiger partial charge is 0.422 e. The third-order valence-electron chi connectivity index (χ3n) is 1.35. The highest BCUT2D eigenvalue weighted by atomic mass is 35.5. The van der Waals surface area contributed by atoms with E-state index in [2.05, 4.69) is 4.98 Å². The Kier molecular flexibility index (Phi) is 2.49. The van der Waals surface area contributed by atoms with Gasteiger partial charge >= 0.3 is 7.12 Å². The van der Waals surface area contributed by atoms with E-state index in [1.165, 1.54) is 0 Å². The van der Waals surface area contributed by atoms with E-state index in [9.17, 15) is 0 Å². The van der Waals surface area contributed by atoms with Crippen LogP contribution in [-0.4, -0.2) is 22.2 Å². The van der Waals surface area contributed by atoms with Crippen LogP contribution in [0.15, 0.2) is 12.1 Å². The van der Waals surface area contributed by atoms with E-state index in [-0.39, 0.29) is 10.7 Å². The third-order valence-corrected chi connectivity index (χ3v) is 1.56. The van der Waals surface area contributed by atoms with Crippen LogP contribution in [0.3, 0.4) is 0 Å². The molecule has 0 radical (unpaired) electrons. The van der Waals surface area contributed by atoms with Crippen molar-refractivity contribution in [3.63, 3.8) is 0 Å². The normalized spacial score (nSPS) is 9.82. The van der Waals surface area contributed by atoms with E-state index in [0.29, 0.717) is 5.56 Å². The molecule has 0 aliphatic rings. The minimum absolute atomic E-state index is 0.206. The molecular weight excluding hydrogens is 164 g/mol. The summed E-state index contributed by atoms with van der Waals surface area (Å²) < 4.78 is 0. The molecule has 0 amide bonds. The summed E-state index contributed by atoms with van der Waals surface area (Å²) in [4.78, 5) is 3.74. The fourth-order valence-electron chi connectivity index (χ4n) is 0.781. The van der Waals surface area contributed by atoms with Crippen LogP contribution in [0.5, 0.6) is 0 Å². The third kappa shape index (κ3) is 1.93. The molecular formula is C6H7BClNO2. The van der Waals surface area contributed by atoms with Crippen LogP contribution in [0.4, 0.5) is 0 Å². The van der Waals surface area contributed by atoms with E-state index >= 15 is 0 Å². The fourth-order valence-corrected chi connectivity index (χ4v) is 0.935. The Balaban J connectivity index is 3.13. The van der Waals surface area contributed by atoms with Gasteiger partial charge in [0.15, 0.2) is 0 Å². The van der Waals surface area contributed by atoms with Gasteiger partial charge in [-0.25, -0.2) is 4.98 Å². The lowest BCUT2D eigenvalue weighted by atomic mass is 9.83. The Morgan fingerprint density at radius 2 is 2.09 bits per heavy atom. The van der Waals surface area contributed by atoms with Crippen molar-refractivity contribution < 1.29 is 10.0 Å². The second-order valence-corrected chi connectivity index (χ2v) is 2.60. The van der Waals surface area contributed by atoms with Gasteiger partial charge in [-0.3, -0.25) is 0 Å². The first-order valence-corrected chi connectivity index (χ1v) is 3.48. The maximum atomic E-state index is 8.76. The summed E-state index contributed by atoms with van der Waals surface area (Å²) in [6, 6.07) is 3.28. The van der Waals surface area contributed by atoms with Crippen LogP contribution < -0.4 is 5.59 Å². The maximum Gasteiger partial charge on any atom is 0.508 e. The van der Waals surface area contributed by atoms with Crippen molar-refractivity contribution in [2.45, 2.75) is 6.92 Å². The summed E-state index contributed by atoms with van der Waals surface area (Å²) in [7, 11) is -1.55. The summed E-state index contributed by atoms with van der Waals surface area (Å²) in [6.07, 6.45) is 0. The van der Waals surface area contributed by atoms with E-state index < -0.39 is 7.12 Å². The molecule has 58 valence electrons. The highest BCUT2D eigenvalue weighted by Crippen LogP contribution is 2.02. The number of aryl methyl sites for hydroxylation is 1. The molecule has 3 nitrogen and oxygen atoms in total. The van der Waals surface area contributed by atoms with Crippen LogP contribution in [0.2, 0.25) is 5.15 Å². The van der Waals surface area contributed by atoms with Crippen molar-refractivity contribution >= 4 is 24.3 Å². The van der Waals surface area contributed by atoms with Crippen molar-refractivity contribution in [1.82, 2.24) is 4.98 Å². The first-order valence-electron chi connectivity index (χ1n) is 3.10. The average molecular weight is 171 g/mol. The van der Waals surface area contributed by atoms with Crippen LogP contribution in [0.1, 0.15) is 5.56 Å². The number of nitrogens with zero attached hydrogens (tertiary/aromatic N) is 1. The molecule has 0 saturated carbocycles. The molecule has 0 spiro atoms. The predicted molar refractivity (Wildman–Crippen MR) is 43.8 cm³/mol. The Hall–Kier alpha value is -0.575. The summed E-state index contributed by atoms with van der Waals surface area (Å²) >= 11 is 5.53. The number of aromatic nitrogens is 1. The molecule has 0 aliphatic carbocycles. The lowest BCUT2D eigenvalue weighted by Gasteiger charge is -2.02. The molecule has 11 heavy (non-hydrogen) atoms. The zero-order valence-electron chi connectivity index (χ0n) is 5.95. The minimum atomic E-state index is -1.55. The topological polar surface area (TPSA) is 53.4 Å². The summed E-state index contributed by atoms with van der Waals surface area (Å²) in [5.74, 6) is 0. The number of halogens is 1. The van der Waals surface area contributed by atoms with Crippen molar-refractivity contribution in [1.29, 1.82) is 0 Å². The fraction of sp³-hybridized carbons (Fsp3) is 0.167. The summed E-state index contributed by atoms with van der Waals surface area (Å²) in [5, 5.41) is 17.8. The second-order valence-electron chi connectivity index (χ2n) is 2.21. The van der Waals surface area contributed by atoms with Crippen molar-refractivity contribution in [2.24, 2.45) is 0 Å². The van der Waals surface area contributed by atoms with Gasteiger partial charge in [0.05, 0.1) is 5.59 Å². The predicted octanol–water partition coefficient (Wildman–Crippen LogP) is -0.277. The van der Waals surface area contributed by atoms with Gasteiger partial charge in [0.25, 0.3) is 0 Å². The summed E-state index contributed by atoms with van der Waals surface area (Å²) in [5.41, 5.74) is 0.918. The summed E-state index contributed by atoms with van der Waals surface area (Å²) in [6.45, 7) is 1.73. The van der Waals surface area contributed by atoms with Gasteiger partial charge in [0.1, 0.15) is 5.15 Å². The van der Waals surface area contributed by atoms with E-state index in [4.69, 9.17) is 21.6 Å². The standard InChI is InChI=1S/C6H7BClNO2/c1-4-2-3-5(8)9-6(4)7(10)11/h2-3,10-11H,1H3. The SMILES string of the molecule is Cc1ccc(Cl)nc1B(O)O. The molecule has 0 fully saturated rings. The van der Waals surface area contributed by atoms with Crippen LogP contribution in [0.25, 0.3) is 0 Å². The van der Waals surface area contributed by atoms with Crippen LogP contribution in [-0.2, 0) is 0 Å². The molecule has 0 bridgehead atoms. The van der Waals surface area contributed by atoms with E-state index in [0.717, 1.165) is 0 Å². The second kappa shape index (κ2) is 3.22. The molecule has 0 atom stereocenters. The first kappa shape index (κ1) is 8.52. The lowest BCUT2D eigenvalue weighted by molar-refractivity contribution is 0.424. The number of hydrogen-bond donors (Lipinski definition) is 2. The molecule has 1 rings (SSSR count). The van der Waals surface area contributed by atoms with Gasteiger partial charge in [-0.15, -0.1) is 0 Å². The number of hydrogen-bond acceptors (Lipinski definition) is 3. The number of pyridine rings is 1. The van der Waals surface area contributed by atoms with Gasteiger partial charge in [-0.2, -0.15) is 0 Å². The highest BCUT2D eigenvalue weighted by molar-refractivity contribution is 6.58. The molecule has 0 aliphatic heterocycles.